The van der Waals surface area contributed by atoms with Crippen LogP contribution >= 0.6 is 11.6 Å². The summed E-state index contributed by atoms with van der Waals surface area (Å²) < 4.78 is 5.21. The Balaban J connectivity index is 2.35. The molecule has 0 spiro atoms. The van der Waals surface area contributed by atoms with E-state index < -0.39 is 0 Å². The van der Waals surface area contributed by atoms with E-state index in [1.165, 1.54) is 0 Å². The van der Waals surface area contributed by atoms with Gasteiger partial charge in [0, 0.05) is 18.2 Å². The van der Waals surface area contributed by atoms with Gasteiger partial charge in [0.1, 0.15) is 17.0 Å². The van der Waals surface area contributed by atoms with Crippen LogP contribution in [0.5, 0.6) is 0 Å². The molecule has 0 bridgehead atoms. The molecule has 2 N–H and O–H groups in total. The van der Waals surface area contributed by atoms with Crippen LogP contribution in [0.25, 0.3) is 11.3 Å². The third kappa shape index (κ3) is 3.92. The lowest BCUT2D eigenvalue weighted by Gasteiger charge is -2.21. The minimum absolute atomic E-state index is 0.0170. The number of amides is 1. The number of aliphatic hydroxyl groups is 1. The van der Waals surface area contributed by atoms with Crippen molar-refractivity contribution in [1.82, 2.24) is 10.5 Å². The summed E-state index contributed by atoms with van der Waals surface area (Å²) in [4.78, 5) is 12.7. The van der Waals surface area contributed by atoms with E-state index in [1.807, 2.05) is 26.0 Å². The summed E-state index contributed by atoms with van der Waals surface area (Å²) in [5.41, 5.74) is 1.46. The molecule has 0 saturated heterocycles. The zero-order chi connectivity index (χ0) is 17.0. The molecule has 1 aromatic carbocycles. The maximum absolute atomic E-state index is 12.7. The Hall–Kier alpha value is -1.85. The standard InChI is InChI=1S/C17H21ClN2O3/c1-10(2)14(8-9-21)19-17(22)15-11(3)23-20-16(15)12-6-4-5-7-13(12)18/h4-7,10,14,21H,8-9H2,1-3H3,(H,19,22). The maximum Gasteiger partial charge on any atom is 0.257 e. The largest absolute Gasteiger partial charge is 0.396 e. The van der Waals surface area contributed by atoms with Gasteiger partial charge in [-0.1, -0.05) is 48.8 Å². The number of carbonyl (C=O) groups is 1. The first-order valence-electron chi connectivity index (χ1n) is 7.58. The van der Waals surface area contributed by atoms with Crippen LogP contribution in [0, 0.1) is 12.8 Å². The topological polar surface area (TPSA) is 75.4 Å². The van der Waals surface area contributed by atoms with Crippen molar-refractivity contribution in [2.75, 3.05) is 6.61 Å². The summed E-state index contributed by atoms with van der Waals surface area (Å²) in [6.07, 6.45) is 0.495. The quantitative estimate of drug-likeness (QED) is 0.847. The van der Waals surface area contributed by atoms with E-state index in [0.717, 1.165) is 0 Å². The van der Waals surface area contributed by atoms with Crippen LogP contribution in [0.1, 0.15) is 36.4 Å². The summed E-state index contributed by atoms with van der Waals surface area (Å²) in [7, 11) is 0. The normalized spacial score (nSPS) is 12.4. The molecule has 0 radical (unpaired) electrons. The fraction of sp³-hybridized carbons (Fsp3) is 0.412. The Morgan fingerprint density at radius 3 is 2.70 bits per heavy atom. The van der Waals surface area contributed by atoms with Crippen LogP contribution in [0.2, 0.25) is 5.02 Å². The van der Waals surface area contributed by atoms with Crippen LogP contribution in [0.3, 0.4) is 0 Å². The van der Waals surface area contributed by atoms with Crippen LogP contribution in [0.15, 0.2) is 28.8 Å². The summed E-state index contributed by atoms with van der Waals surface area (Å²) in [5.74, 6) is 0.366. The third-order valence-corrected chi connectivity index (χ3v) is 4.11. The molecule has 0 aliphatic heterocycles. The number of nitrogens with one attached hydrogen (secondary N) is 1. The molecule has 6 heteroatoms. The highest BCUT2D eigenvalue weighted by molar-refractivity contribution is 6.33. The molecule has 1 unspecified atom stereocenters. The van der Waals surface area contributed by atoms with Crippen molar-refractivity contribution < 1.29 is 14.4 Å². The smallest absolute Gasteiger partial charge is 0.257 e. The molecule has 5 nitrogen and oxygen atoms in total. The minimum atomic E-state index is -0.272. The fourth-order valence-electron chi connectivity index (χ4n) is 2.43. The second-order valence-electron chi connectivity index (χ2n) is 5.78. The van der Waals surface area contributed by atoms with Crippen LogP contribution in [0.4, 0.5) is 0 Å². The van der Waals surface area contributed by atoms with Gasteiger partial charge in [-0.25, -0.2) is 0 Å². The fourth-order valence-corrected chi connectivity index (χ4v) is 2.65. The molecule has 124 valence electrons. The van der Waals surface area contributed by atoms with E-state index in [9.17, 15) is 4.79 Å². The number of carbonyl (C=O) groups excluding carboxylic acids is 1. The molecule has 1 aromatic heterocycles. The van der Waals surface area contributed by atoms with E-state index in [-0.39, 0.29) is 24.5 Å². The number of aryl methyl sites for hydroxylation is 1. The van der Waals surface area contributed by atoms with Crippen molar-refractivity contribution in [2.45, 2.75) is 33.2 Å². The molecule has 23 heavy (non-hydrogen) atoms. The number of aromatic nitrogens is 1. The highest BCUT2D eigenvalue weighted by Gasteiger charge is 2.25. The van der Waals surface area contributed by atoms with Crippen LogP contribution < -0.4 is 5.32 Å². The third-order valence-electron chi connectivity index (χ3n) is 3.78. The molecular formula is C17H21ClN2O3. The highest BCUT2D eigenvalue weighted by atomic mass is 35.5. The number of rotatable bonds is 6. The Morgan fingerprint density at radius 2 is 2.09 bits per heavy atom. The van der Waals surface area contributed by atoms with Gasteiger partial charge < -0.3 is 14.9 Å². The summed E-state index contributed by atoms with van der Waals surface area (Å²) in [5, 5.41) is 16.6. The zero-order valence-electron chi connectivity index (χ0n) is 13.5. The van der Waals surface area contributed by atoms with Gasteiger partial charge in [-0.15, -0.1) is 0 Å². The van der Waals surface area contributed by atoms with Gasteiger partial charge in [0.25, 0.3) is 5.91 Å². The van der Waals surface area contributed by atoms with E-state index in [0.29, 0.717) is 34.0 Å². The average molecular weight is 337 g/mol. The zero-order valence-corrected chi connectivity index (χ0v) is 14.2. The predicted octanol–water partition coefficient (Wildman–Crippen LogP) is 3.44. The SMILES string of the molecule is Cc1onc(-c2ccccc2Cl)c1C(=O)NC(CCO)C(C)C. The highest BCUT2D eigenvalue weighted by Crippen LogP contribution is 2.31. The first-order valence-corrected chi connectivity index (χ1v) is 7.96. The van der Waals surface area contributed by atoms with Crippen molar-refractivity contribution in [3.8, 4) is 11.3 Å². The molecule has 0 aliphatic carbocycles. The van der Waals surface area contributed by atoms with E-state index in [2.05, 4.69) is 10.5 Å². The number of benzene rings is 1. The molecule has 1 amide bonds. The molecule has 0 fully saturated rings. The van der Waals surface area contributed by atoms with Crippen molar-refractivity contribution >= 4 is 17.5 Å². The van der Waals surface area contributed by atoms with Crippen molar-refractivity contribution in [2.24, 2.45) is 5.92 Å². The summed E-state index contributed by atoms with van der Waals surface area (Å²) >= 11 is 6.20. The number of halogens is 1. The number of nitrogens with zero attached hydrogens (tertiary/aromatic N) is 1. The maximum atomic E-state index is 12.7. The number of hydrogen-bond acceptors (Lipinski definition) is 4. The van der Waals surface area contributed by atoms with Gasteiger partial charge in [0.15, 0.2) is 0 Å². The molecule has 0 saturated carbocycles. The minimum Gasteiger partial charge on any atom is -0.396 e. The number of hydrogen-bond donors (Lipinski definition) is 2. The molecule has 2 rings (SSSR count). The lowest BCUT2D eigenvalue weighted by atomic mass is 10.00. The first kappa shape index (κ1) is 17.5. The van der Waals surface area contributed by atoms with Gasteiger partial charge in [0.05, 0.1) is 5.02 Å². The summed E-state index contributed by atoms with van der Waals surface area (Å²) in [6.45, 7) is 5.70. The van der Waals surface area contributed by atoms with Gasteiger partial charge in [-0.2, -0.15) is 0 Å². The van der Waals surface area contributed by atoms with Gasteiger partial charge >= 0.3 is 0 Å². The van der Waals surface area contributed by atoms with Crippen molar-refractivity contribution in [3.63, 3.8) is 0 Å². The van der Waals surface area contributed by atoms with Gasteiger partial charge in [0.2, 0.25) is 0 Å². The van der Waals surface area contributed by atoms with Crippen molar-refractivity contribution in [3.05, 3.63) is 40.6 Å². The molecule has 1 heterocycles. The molecular weight excluding hydrogens is 316 g/mol. The monoisotopic (exact) mass is 336 g/mol. The number of aliphatic hydroxyl groups excluding tert-OH is 1. The lowest BCUT2D eigenvalue weighted by Crippen LogP contribution is -2.39. The van der Waals surface area contributed by atoms with Gasteiger partial charge in [-0.3, -0.25) is 4.79 Å². The molecule has 2 aromatic rings. The second-order valence-corrected chi connectivity index (χ2v) is 6.19. The average Bonchev–Trinajstić information content (AvgIpc) is 2.88. The van der Waals surface area contributed by atoms with Crippen LogP contribution in [-0.2, 0) is 0 Å². The first-order chi connectivity index (χ1) is 11.0. The van der Waals surface area contributed by atoms with E-state index in [4.69, 9.17) is 21.2 Å². The molecule has 1 atom stereocenters. The predicted molar refractivity (Wildman–Crippen MR) is 89.5 cm³/mol. The Morgan fingerprint density at radius 1 is 1.39 bits per heavy atom. The summed E-state index contributed by atoms with van der Waals surface area (Å²) in [6, 6.07) is 7.06. The van der Waals surface area contributed by atoms with Gasteiger partial charge in [-0.05, 0) is 25.3 Å². The van der Waals surface area contributed by atoms with E-state index in [1.54, 1.807) is 19.1 Å². The second kappa shape index (κ2) is 7.62. The van der Waals surface area contributed by atoms with Crippen molar-refractivity contribution in [1.29, 1.82) is 0 Å². The Kier molecular flexibility index (Phi) is 5.80. The molecule has 0 aliphatic rings. The lowest BCUT2D eigenvalue weighted by molar-refractivity contribution is 0.0915. The van der Waals surface area contributed by atoms with E-state index >= 15 is 0 Å². The van der Waals surface area contributed by atoms with Crippen LogP contribution in [-0.4, -0.2) is 28.8 Å². The Labute approximate surface area is 140 Å². The Bertz CT molecular complexity index is 682.